The number of rotatable bonds is 8. The molecule has 3 aliphatic carbocycles. The zero-order chi connectivity index (χ0) is 29.7. The molecule has 0 aromatic heterocycles. The van der Waals surface area contributed by atoms with Gasteiger partial charge in [0.25, 0.3) is 5.91 Å². The van der Waals surface area contributed by atoms with Crippen LogP contribution in [-0.2, 0) is 20.8 Å². The number of piperidine rings is 2. The van der Waals surface area contributed by atoms with E-state index in [1.807, 2.05) is 13.8 Å². The summed E-state index contributed by atoms with van der Waals surface area (Å²) in [7, 11) is -3.62. The first kappa shape index (κ1) is 28.0. The lowest BCUT2D eigenvalue weighted by molar-refractivity contribution is -0.137. The van der Waals surface area contributed by atoms with Crippen molar-refractivity contribution >= 4 is 27.3 Å². The molecule has 1 heterocycles. The van der Waals surface area contributed by atoms with E-state index in [2.05, 4.69) is 10.6 Å². The third kappa shape index (κ3) is 4.67. The second-order valence-corrected chi connectivity index (χ2v) is 14.4. The number of sulfone groups is 1. The molecule has 2 atom stereocenters. The van der Waals surface area contributed by atoms with E-state index in [9.17, 15) is 35.6 Å². The summed E-state index contributed by atoms with van der Waals surface area (Å²) in [5.41, 5.74) is -1.13. The highest BCUT2D eigenvalue weighted by molar-refractivity contribution is 7.90. The van der Waals surface area contributed by atoms with Crippen molar-refractivity contribution in [2.45, 2.75) is 80.7 Å². The molecule has 2 aromatic rings. The van der Waals surface area contributed by atoms with Crippen molar-refractivity contribution in [3.05, 3.63) is 58.9 Å². The number of nitrogens with zero attached hydrogens (tertiary/aromatic N) is 1. The van der Waals surface area contributed by atoms with Crippen LogP contribution >= 0.6 is 0 Å². The molecule has 6 rings (SSSR count). The molecule has 0 bridgehead atoms. The molecule has 1 aliphatic heterocycles. The number of carbonyl (C=O) groups is 2. The number of amides is 2. The summed E-state index contributed by atoms with van der Waals surface area (Å²) in [6.07, 6.45) is -0.315. The van der Waals surface area contributed by atoms with Gasteiger partial charge in [-0.2, -0.15) is 13.2 Å². The van der Waals surface area contributed by atoms with Crippen LogP contribution in [0.4, 0.5) is 23.2 Å². The van der Waals surface area contributed by atoms with Crippen LogP contribution in [0.25, 0.3) is 0 Å². The standard InChI is InChI=1S/C29H31F4N3O4S/c1-15(2)34-22-9-7-18(41(3,39)40)11-20(22)26(38)36-23(12-27-13-28(27,36)14-27)25(37)35-24(16-4-5-16)19-8-6-17(10-21(19)30)29(31,32)33/h6-11,15-16,23-24,34H,4-5,12-14H2,1-3H3,(H,35,37)/t23-,24-,27?,28?/m1/s1. The van der Waals surface area contributed by atoms with Gasteiger partial charge in [-0.25, -0.2) is 12.8 Å². The van der Waals surface area contributed by atoms with E-state index < -0.39 is 56.8 Å². The maximum absolute atomic E-state index is 14.9. The van der Waals surface area contributed by atoms with Crippen molar-refractivity contribution in [3.63, 3.8) is 0 Å². The third-order valence-electron chi connectivity index (χ3n) is 9.02. The molecule has 2 N–H and O–H groups in total. The van der Waals surface area contributed by atoms with Crippen LogP contribution in [0.5, 0.6) is 0 Å². The minimum atomic E-state index is -4.69. The normalized spacial score (nSPS) is 27.2. The summed E-state index contributed by atoms with van der Waals surface area (Å²) in [5, 5.41) is 6.05. The van der Waals surface area contributed by atoms with Gasteiger partial charge in [-0.1, -0.05) is 6.07 Å². The zero-order valence-corrected chi connectivity index (χ0v) is 23.6. The molecule has 2 aromatic carbocycles. The summed E-state index contributed by atoms with van der Waals surface area (Å²) in [4.78, 5) is 29.4. The summed E-state index contributed by atoms with van der Waals surface area (Å²) in [6, 6.07) is 4.91. The minimum absolute atomic E-state index is 0.0133. The van der Waals surface area contributed by atoms with Gasteiger partial charge in [0.2, 0.25) is 5.91 Å². The van der Waals surface area contributed by atoms with Gasteiger partial charge in [-0.15, -0.1) is 0 Å². The topological polar surface area (TPSA) is 95.6 Å². The predicted octanol–water partition coefficient (Wildman–Crippen LogP) is 5.08. The Labute approximate surface area is 235 Å². The first-order chi connectivity index (χ1) is 19.1. The van der Waals surface area contributed by atoms with Crippen molar-refractivity contribution in [1.29, 1.82) is 0 Å². The fourth-order valence-electron chi connectivity index (χ4n) is 6.63. The largest absolute Gasteiger partial charge is 0.416 e. The predicted molar refractivity (Wildman–Crippen MR) is 142 cm³/mol. The lowest BCUT2D eigenvalue weighted by atomic mass is 9.96. The van der Waals surface area contributed by atoms with E-state index in [0.29, 0.717) is 31.0 Å². The van der Waals surface area contributed by atoms with E-state index in [4.69, 9.17) is 0 Å². The van der Waals surface area contributed by atoms with Crippen LogP contribution in [0, 0.1) is 17.2 Å². The number of benzene rings is 2. The van der Waals surface area contributed by atoms with Crippen molar-refractivity contribution < 1.29 is 35.6 Å². The Hall–Kier alpha value is -3.15. The van der Waals surface area contributed by atoms with Gasteiger partial charge in [-0.05, 0) is 82.2 Å². The first-order valence-corrected chi connectivity index (χ1v) is 15.6. The summed E-state index contributed by atoms with van der Waals surface area (Å²) >= 11 is 0. The highest BCUT2D eigenvalue weighted by atomic mass is 32.2. The van der Waals surface area contributed by atoms with E-state index in [0.717, 1.165) is 31.2 Å². The Morgan fingerprint density at radius 1 is 1.07 bits per heavy atom. The smallest absolute Gasteiger partial charge is 0.382 e. The molecule has 0 unspecified atom stereocenters. The highest BCUT2D eigenvalue weighted by Crippen LogP contribution is 2.87. The SMILES string of the molecule is CC(C)Nc1ccc(S(C)(=O)=O)cc1C(=O)N1[C@@H](C(=O)N[C@@H](c2ccc(C(F)(F)F)cc2F)C2CC2)CC23CC12C3. The maximum atomic E-state index is 14.9. The van der Waals surface area contributed by atoms with E-state index in [-0.39, 0.29) is 33.4 Å². The van der Waals surface area contributed by atoms with E-state index >= 15 is 0 Å². The Morgan fingerprint density at radius 3 is 2.32 bits per heavy atom. The number of alkyl halides is 3. The molecule has 12 heteroatoms. The molecular weight excluding hydrogens is 562 g/mol. The Balaban J connectivity index is 1.30. The van der Waals surface area contributed by atoms with Crippen molar-refractivity contribution in [2.24, 2.45) is 11.3 Å². The van der Waals surface area contributed by atoms with Gasteiger partial charge in [0.15, 0.2) is 9.84 Å². The molecule has 3 saturated carbocycles. The minimum Gasteiger partial charge on any atom is -0.382 e. The van der Waals surface area contributed by atoms with Gasteiger partial charge in [-0.3, -0.25) is 9.59 Å². The molecule has 220 valence electrons. The average Bonchev–Trinajstić information content (AvgIpc) is 3.80. The summed E-state index contributed by atoms with van der Waals surface area (Å²) in [5.74, 6) is -2.11. The van der Waals surface area contributed by atoms with Crippen molar-refractivity contribution in [1.82, 2.24) is 10.2 Å². The average molecular weight is 594 g/mol. The number of hydrogen-bond acceptors (Lipinski definition) is 5. The molecule has 2 amide bonds. The number of anilines is 1. The molecule has 4 fully saturated rings. The lowest BCUT2D eigenvalue weighted by Gasteiger charge is -2.35. The summed E-state index contributed by atoms with van der Waals surface area (Å²) < 4.78 is 78.8. The monoisotopic (exact) mass is 593 g/mol. The van der Waals surface area contributed by atoms with Crippen LogP contribution in [0.2, 0.25) is 0 Å². The van der Waals surface area contributed by atoms with Crippen molar-refractivity contribution in [2.75, 3.05) is 11.6 Å². The van der Waals surface area contributed by atoms with E-state index in [1.54, 1.807) is 11.0 Å². The molecule has 0 radical (unpaired) electrons. The number of carbonyl (C=O) groups excluding carboxylic acids is 2. The second kappa shape index (κ2) is 8.92. The Kier molecular flexibility index (Phi) is 6.09. The molecule has 1 saturated heterocycles. The highest BCUT2D eigenvalue weighted by Gasteiger charge is 2.91. The number of hydrogen-bond donors (Lipinski definition) is 2. The number of nitrogens with one attached hydrogen (secondary N) is 2. The van der Waals surface area contributed by atoms with Crippen LogP contribution < -0.4 is 10.6 Å². The quantitative estimate of drug-likeness (QED) is 0.416. The lowest BCUT2D eigenvalue weighted by Crippen LogP contribution is -2.52. The number of likely N-dealkylation sites (tertiary alicyclic amines) is 1. The first-order valence-electron chi connectivity index (χ1n) is 13.7. The van der Waals surface area contributed by atoms with Crippen LogP contribution in [0.3, 0.4) is 0 Å². The molecule has 4 aliphatic rings. The molecule has 7 nitrogen and oxygen atoms in total. The van der Waals surface area contributed by atoms with Gasteiger partial charge in [0.1, 0.15) is 11.9 Å². The van der Waals surface area contributed by atoms with Gasteiger partial charge in [0.05, 0.1) is 27.6 Å². The van der Waals surface area contributed by atoms with E-state index in [1.165, 1.54) is 12.1 Å². The molecule has 41 heavy (non-hydrogen) atoms. The zero-order valence-electron chi connectivity index (χ0n) is 22.8. The van der Waals surface area contributed by atoms with Crippen LogP contribution in [0.1, 0.15) is 73.5 Å². The fraction of sp³-hybridized carbons (Fsp3) is 0.517. The maximum Gasteiger partial charge on any atom is 0.416 e. The Bertz CT molecular complexity index is 1560. The molecule has 0 spiro atoms. The van der Waals surface area contributed by atoms with Crippen LogP contribution in [-0.4, -0.2) is 49.0 Å². The fourth-order valence-corrected chi connectivity index (χ4v) is 7.27. The Morgan fingerprint density at radius 2 is 1.76 bits per heavy atom. The van der Waals surface area contributed by atoms with Crippen molar-refractivity contribution in [3.8, 4) is 0 Å². The van der Waals surface area contributed by atoms with Gasteiger partial charge in [0, 0.05) is 29.0 Å². The van der Waals surface area contributed by atoms with Gasteiger partial charge >= 0.3 is 6.18 Å². The second-order valence-electron chi connectivity index (χ2n) is 12.4. The molecular formula is C29H31F4N3O4S. The number of halogens is 4. The third-order valence-corrected chi connectivity index (χ3v) is 10.1. The van der Waals surface area contributed by atoms with Crippen LogP contribution in [0.15, 0.2) is 41.3 Å². The summed E-state index contributed by atoms with van der Waals surface area (Å²) in [6.45, 7) is 3.77. The van der Waals surface area contributed by atoms with Gasteiger partial charge < -0.3 is 15.5 Å².